The molecule has 0 heterocycles. The lowest BCUT2D eigenvalue weighted by atomic mass is 10.2. The lowest BCUT2D eigenvalue weighted by Crippen LogP contribution is -2.18. The maximum absolute atomic E-state index is 12.1. The molecule has 2 aromatic rings. The SMILES string of the molecule is N/C(=N/OC(=O)Nc1ccc(OC(F)(F)F)cc1)c1cc(Cl)c(N)c(Cl)c1. The summed E-state index contributed by atoms with van der Waals surface area (Å²) in [5.74, 6) is -0.649. The Labute approximate surface area is 160 Å². The normalized spacial score (nSPS) is 11.8. The number of nitrogens with two attached hydrogens (primary N) is 2. The molecule has 1 amide bonds. The summed E-state index contributed by atoms with van der Waals surface area (Å²) in [6.07, 6.45) is -5.84. The molecule has 27 heavy (non-hydrogen) atoms. The number of ether oxygens (including phenoxy) is 1. The Morgan fingerprint density at radius 3 is 2.19 bits per heavy atom. The second-order valence-electron chi connectivity index (χ2n) is 4.91. The summed E-state index contributed by atoms with van der Waals surface area (Å²) in [4.78, 5) is 16.2. The minimum absolute atomic E-state index is 0.140. The minimum atomic E-state index is -4.81. The fourth-order valence-corrected chi connectivity index (χ4v) is 2.24. The highest BCUT2D eigenvalue weighted by Gasteiger charge is 2.30. The van der Waals surface area contributed by atoms with Gasteiger partial charge in [0.25, 0.3) is 0 Å². The Kier molecular flexibility index (Phi) is 6.24. The number of nitrogens with one attached hydrogen (secondary N) is 1. The van der Waals surface area contributed by atoms with E-state index in [1.165, 1.54) is 24.3 Å². The minimum Gasteiger partial charge on any atom is -0.406 e. The number of amidine groups is 1. The summed E-state index contributed by atoms with van der Waals surface area (Å²) in [7, 11) is 0. The number of benzene rings is 2. The van der Waals surface area contributed by atoms with Crippen molar-refractivity contribution in [2.45, 2.75) is 6.36 Å². The maximum atomic E-state index is 12.1. The second kappa shape index (κ2) is 8.23. The van der Waals surface area contributed by atoms with Crippen molar-refractivity contribution in [2.24, 2.45) is 10.9 Å². The van der Waals surface area contributed by atoms with Gasteiger partial charge in [-0.05, 0) is 36.4 Å². The van der Waals surface area contributed by atoms with Gasteiger partial charge in [0.2, 0.25) is 0 Å². The summed E-state index contributed by atoms with van der Waals surface area (Å²) in [5.41, 5.74) is 11.8. The summed E-state index contributed by atoms with van der Waals surface area (Å²) in [5, 5.41) is 5.94. The zero-order valence-corrected chi connectivity index (χ0v) is 14.7. The zero-order chi connectivity index (χ0) is 20.2. The number of oxime groups is 1. The number of amides is 1. The number of hydrogen-bond donors (Lipinski definition) is 3. The van der Waals surface area contributed by atoms with E-state index in [1.807, 2.05) is 0 Å². The lowest BCUT2D eigenvalue weighted by molar-refractivity contribution is -0.274. The number of hydrogen-bond acceptors (Lipinski definition) is 5. The number of alkyl halides is 3. The van der Waals surface area contributed by atoms with Crippen molar-refractivity contribution in [3.8, 4) is 5.75 Å². The molecule has 0 saturated heterocycles. The zero-order valence-electron chi connectivity index (χ0n) is 13.2. The van der Waals surface area contributed by atoms with E-state index in [1.54, 1.807) is 0 Å². The van der Waals surface area contributed by atoms with Gasteiger partial charge in [-0.3, -0.25) is 10.2 Å². The van der Waals surface area contributed by atoms with Crippen LogP contribution < -0.4 is 21.5 Å². The standard InChI is InChI=1S/C15H11Cl2F3N4O3/c16-10-5-7(6-11(17)12(10)21)13(22)24-27-14(25)23-8-1-3-9(4-2-8)26-15(18,19)20/h1-6H,21H2,(H2,22,24)(H,23,25). The maximum Gasteiger partial charge on any atom is 0.573 e. The van der Waals surface area contributed by atoms with Gasteiger partial charge < -0.3 is 16.2 Å². The van der Waals surface area contributed by atoms with Gasteiger partial charge in [0, 0.05) is 11.3 Å². The van der Waals surface area contributed by atoms with Gasteiger partial charge in [-0.1, -0.05) is 28.4 Å². The van der Waals surface area contributed by atoms with E-state index in [2.05, 4.69) is 20.0 Å². The van der Waals surface area contributed by atoms with Crippen LogP contribution in [0.2, 0.25) is 10.0 Å². The molecule has 0 aromatic heterocycles. The number of rotatable bonds is 4. The average molecular weight is 423 g/mol. The highest BCUT2D eigenvalue weighted by molar-refractivity contribution is 6.39. The van der Waals surface area contributed by atoms with Crippen molar-refractivity contribution in [3.63, 3.8) is 0 Å². The predicted octanol–water partition coefficient (Wildman–Crippen LogP) is 4.34. The molecular weight excluding hydrogens is 412 g/mol. The van der Waals surface area contributed by atoms with E-state index in [0.29, 0.717) is 0 Å². The van der Waals surface area contributed by atoms with Crippen LogP contribution >= 0.6 is 23.2 Å². The molecule has 2 aromatic carbocycles. The molecule has 0 atom stereocenters. The molecule has 0 radical (unpaired) electrons. The first-order valence-corrected chi connectivity index (χ1v) is 7.73. The van der Waals surface area contributed by atoms with Crippen molar-refractivity contribution < 1.29 is 27.5 Å². The first-order valence-electron chi connectivity index (χ1n) is 6.97. The fourth-order valence-electron chi connectivity index (χ4n) is 1.76. The largest absolute Gasteiger partial charge is 0.573 e. The lowest BCUT2D eigenvalue weighted by Gasteiger charge is -2.09. The molecule has 0 aliphatic heterocycles. The number of carbonyl (C=O) groups is 1. The Balaban J connectivity index is 1.98. The molecule has 0 aliphatic rings. The molecule has 12 heteroatoms. The number of nitrogens with zero attached hydrogens (tertiary/aromatic N) is 1. The monoisotopic (exact) mass is 422 g/mol. The van der Waals surface area contributed by atoms with Gasteiger partial charge >= 0.3 is 12.5 Å². The Morgan fingerprint density at radius 1 is 1.11 bits per heavy atom. The smallest absolute Gasteiger partial charge is 0.406 e. The van der Waals surface area contributed by atoms with Gasteiger partial charge in [-0.15, -0.1) is 13.2 Å². The van der Waals surface area contributed by atoms with E-state index in [9.17, 15) is 18.0 Å². The van der Waals surface area contributed by atoms with Crippen LogP contribution in [-0.2, 0) is 4.84 Å². The van der Waals surface area contributed by atoms with Crippen LogP contribution in [0.5, 0.6) is 5.75 Å². The topological polar surface area (TPSA) is 112 Å². The number of carbonyl (C=O) groups excluding carboxylic acids is 1. The molecule has 0 bridgehead atoms. The average Bonchev–Trinajstić information content (AvgIpc) is 2.57. The van der Waals surface area contributed by atoms with Gasteiger partial charge in [0.15, 0.2) is 5.84 Å². The van der Waals surface area contributed by atoms with E-state index < -0.39 is 18.2 Å². The van der Waals surface area contributed by atoms with Gasteiger partial charge in [0.1, 0.15) is 5.75 Å². The second-order valence-corrected chi connectivity index (χ2v) is 5.72. The van der Waals surface area contributed by atoms with Crippen molar-refractivity contribution in [2.75, 3.05) is 11.1 Å². The number of nitrogen functional groups attached to an aromatic ring is 1. The first kappa shape index (κ1) is 20.5. The summed E-state index contributed by atoms with van der Waals surface area (Å²) < 4.78 is 39.9. The van der Waals surface area contributed by atoms with E-state index >= 15 is 0 Å². The van der Waals surface area contributed by atoms with Gasteiger partial charge in [-0.2, -0.15) is 0 Å². The van der Waals surface area contributed by atoms with Crippen LogP contribution in [0, 0.1) is 0 Å². The summed E-state index contributed by atoms with van der Waals surface area (Å²) >= 11 is 11.7. The van der Waals surface area contributed by atoms with Crippen LogP contribution in [0.15, 0.2) is 41.6 Å². The molecule has 0 unspecified atom stereocenters. The van der Waals surface area contributed by atoms with E-state index in [-0.39, 0.29) is 32.8 Å². The van der Waals surface area contributed by atoms with Gasteiger partial charge in [-0.25, -0.2) is 4.79 Å². The van der Waals surface area contributed by atoms with Crippen LogP contribution in [-0.4, -0.2) is 18.3 Å². The summed E-state index contributed by atoms with van der Waals surface area (Å²) in [6.45, 7) is 0. The molecule has 0 spiro atoms. The molecular formula is C15H11Cl2F3N4O3. The number of halogens is 5. The first-order chi connectivity index (χ1) is 12.5. The summed E-state index contributed by atoms with van der Waals surface area (Å²) in [6, 6.07) is 7.13. The molecule has 0 fully saturated rings. The number of anilines is 2. The van der Waals surface area contributed by atoms with Crippen molar-refractivity contribution in [1.82, 2.24) is 0 Å². The fraction of sp³-hybridized carbons (Fsp3) is 0.0667. The van der Waals surface area contributed by atoms with E-state index in [0.717, 1.165) is 12.1 Å². The van der Waals surface area contributed by atoms with Crippen molar-refractivity contribution >= 4 is 46.5 Å². The molecule has 5 N–H and O–H groups in total. The van der Waals surface area contributed by atoms with E-state index in [4.69, 9.17) is 34.7 Å². The Bertz CT molecular complexity index is 851. The third-order valence-electron chi connectivity index (χ3n) is 2.94. The Hall–Kier alpha value is -2.85. The highest BCUT2D eigenvalue weighted by atomic mass is 35.5. The van der Waals surface area contributed by atoms with Gasteiger partial charge in [0.05, 0.1) is 15.7 Å². The van der Waals surface area contributed by atoms with Crippen LogP contribution in [0.4, 0.5) is 29.3 Å². The molecule has 0 aliphatic carbocycles. The van der Waals surface area contributed by atoms with Crippen molar-refractivity contribution in [3.05, 3.63) is 52.0 Å². The molecule has 144 valence electrons. The third kappa shape index (κ3) is 6.12. The van der Waals surface area contributed by atoms with Crippen LogP contribution in [0.1, 0.15) is 5.56 Å². The molecule has 2 rings (SSSR count). The molecule has 0 saturated carbocycles. The van der Waals surface area contributed by atoms with Crippen molar-refractivity contribution in [1.29, 1.82) is 0 Å². The highest BCUT2D eigenvalue weighted by Crippen LogP contribution is 2.28. The van der Waals surface area contributed by atoms with Crippen LogP contribution in [0.25, 0.3) is 0 Å². The molecule has 7 nitrogen and oxygen atoms in total. The Morgan fingerprint density at radius 2 is 1.67 bits per heavy atom. The quantitative estimate of drug-likeness (QED) is 0.223. The predicted molar refractivity (Wildman–Crippen MR) is 94.8 cm³/mol. The third-order valence-corrected chi connectivity index (χ3v) is 3.56. The van der Waals surface area contributed by atoms with Crippen LogP contribution in [0.3, 0.4) is 0 Å².